The Kier molecular flexibility index (Phi) is 11.4. The molecule has 0 radical (unpaired) electrons. The van der Waals surface area contributed by atoms with Crippen molar-refractivity contribution in [3.05, 3.63) is 65.9 Å². The number of amides is 3. The number of hydrogen-bond donors (Lipinski definition) is 9. The number of aromatic nitrogens is 1. The minimum absolute atomic E-state index is 0.0630. The molecule has 1 heterocycles. The molecule has 44 heavy (non-hydrogen) atoms. The van der Waals surface area contributed by atoms with Crippen LogP contribution in [0.1, 0.15) is 30.4 Å². The number of carboxylic acid groups (broad SMARTS) is 3. The lowest BCUT2D eigenvalue weighted by Crippen LogP contribution is -2.58. The Hall–Kier alpha value is -5.44. The maximum absolute atomic E-state index is 13.5. The topological polar surface area (TPSA) is 261 Å². The van der Waals surface area contributed by atoms with Crippen molar-refractivity contribution in [2.75, 3.05) is 0 Å². The Balaban J connectivity index is 1.82. The van der Waals surface area contributed by atoms with Gasteiger partial charge in [0.15, 0.2) is 0 Å². The van der Waals surface area contributed by atoms with Gasteiger partial charge in [-0.1, -0.05) is 30.3 Å². The summed E-state index contributed by atoms with van der Waals surface area (Å²) in [7, 11) is 0. The summed E-state index contributed by atoms with van der Waals surface area (Å²) in [5.74, 6) is -7.03. The van der Waals surface area contributed by atoms with Gasteiger partial charge in [-0.3, -0.25) is 24.0 Å². The van der Waals surface area contributed by atoms with E-state index in [4.69, 9.17) is 10.8 Å². The number of phenolic OH excluding ortho intramolecular Hbond substituents is 1. The van der Waals surface area contributed by atoms with Crippen LogP contribution in [0.3, 0.4) is 0 Å². The molecule has 0 aliphatic heterocycles. The van der Waals surface area contributed by atoms with E-state index in [1.165, 1.54) is 24.3 Å². The number of phenols is 1. The number of aromatic amines is 1. The minimum atomic E-state index is -1.70. The molecule has 0 aliphatic carbocycles. The van der Waals surface area contributed by atoms with Crippen LogP contribution >= 0.6 is 0 Å². The molecule has 234 valence electrons. The number of nitrogens with two attached hydrogens (primary N) is 1. The number of nitrogens with one attached hydrogen (secondary N) is 4. The number of benzene rings is 2. The SMILES string of the molecule is NC(CCC(=O)O)C(=O)NC(CC(=O)O)C(=O)NC(Cc1ccc(O)cc1)C(=O)NC(Cc1c[nH]c2ccccc12)C(=O)O. The second kappa shape index (κ2) is 15.2. The molecule has 15 nitrogen and oxygen atoms in total. The van der Waals surface area contributed by atoms with Crippen molar-refractivity contribution < 1.29 is 49.2 Å². The van der Waals surface area contributed by atoms with Gasteiger partial charge in [0, 0.05) is 36.4 Å². The van der Waals surface area contributed by atoms with Crippen LogP contribution in [0.15, 0.2) is 54.7 Å². The van der Waals surface area contributed by atoms with Crippen molar-refractivity contribution in [3.8, 4) is 5.75 Å². The number of H-pyrrole nitrogens is 1. The van der Waals surface area contributed by atoms with Gasteiger partial charge >= 0.3 is 17.9 Å². The number of para-hydroxylation sites is 1. The Morgan fingerprint density at radius 1 is 0.750 bits per heavy atom. The normalized spacial score (nSPS) is 13.7. The molecule has 4 unspecified atom stereocenters. The van der Waals surface area contributed by atoms with Gasteiger partial charge in [-0.2, -0.15) is 0 Å². The number of carbonyl (C=O) groups excluding carboxylic acids is 3. The fourth-order valence-corrected chi connectivity index (χ4v) is 4.41. The zero-order valence-corrected chi connectivity index (χ0v) is 23.4. The molecule has 0 spiro atoms. The first kappa shape index (κ1) is 33.1. The molecular weight excluding hydrogens is 578 g/mol. The van der Waals surface area contributed by atoms with Crippen molar-refractivity contribution in [1.29, 1.82) is 0 Å². The largest absolute Gasteiger partial charge is 0.508 e. The maximum atomic E-state index is 13.5. The van der Waals surface area contributed by atoms with Crippen LogP contribution in [-0.2, 0) is 41.6 Å². The Labute approximate surface area is 250 Å². The Morgan fingerprint density at radius 3 is 2.00 bits per heavy atom. The zero-order chi connectivity index (χ0) is 32.4. The monoisotopic (exact) mass is 611 g/mol. The van der Waals surface area contributed by atoms with Crippen molar-refractivity contribution in [2.24, 2.45) is 5.73 Å². The number of carbonyl (C=O) groups is 6. The summed E-state index contributed by atoms with van der Waals surface area (Å²) in [5.41, 5.74) is 7.53. The molecule has 15 heteroatoms. The lowest BCUT2D eigenvalue weighted by atomic mass is 10.0. The van der Waals surface area contributed by atoms with Gasteiger partial charge in [-0.05, 0) is 35.7 Å². The van der Waals surface area contributed by atoms with E-state index in [0.29, 0.717) is 11.1 Å². The molecule has 0 bridgehead atoms. The summed E-state index contributed by atoms with van der Waals surface area (Å²) in [5, 5.41) is 45.4. The quantitative estimate of drug-likeness (QED) is 0.103. The Morgan fingerprint density at radius 2 is 1.36 bits per heavy atom. The van der Waals surface area contributed by atoms with Gasteiger partial charge in [0.2, 0.25) is 17.7 Å². The molecule has 3 amide bonds. The van der Waals surface area contributed by atoms with Crippen LogP contribution in [0.5, 0.6) is 5.75 Å². The second-order valence-electron chi connectivity index (χ2n) is 10.1. The standard InChI is InChI=1S/C29H33N5O10/c30-19(9-10-24(36)37)26(40)32-22(13-25(38)39)28(42)33-21(11-15-5-7-17(35)8-6-15)27(41)34-23(29(43)44)12-16-14-31-20-4-2-1-3-18(16)20/h1-8,14,19,21-23,31,35H,9-13,30H2,(H,32,40)(H,33,42)(H,34,41)(H,36,37)(H,38,39)(H,43,44). The summed E-state index contributed by atoms with van der Waals surface area (Å²) in [6, 6.07) is 6.91. The molecule has 10 N–H and O–H groups in total. The maximum Gasteiger partial charge on any atom is 0.326 e. The summed E-state index contributed by atoms with van der Waals surface area (Å²) in [6.07, 6.45) is -0.276. The van der Waals surface area contributed by atoms with Crippen LogP contribution < -0.4 is 21.7 Å². The average Bonchev–Trinajstić information content (AvgIpc) is 3.38. The number of aliphatic carboxylic acids is 3. The summed E-state index contributed by atoms with van der Waals surface area (Å²) in [6.45, 7) is 0. The van der Waals surface area contributed by atoms with Gasteiger partial charge in [0.1, 0.15) is 23.9 Å². The first-order valence-electron chi connectivity index (χ1n) is 13.5. The summed E-state index contributed by atoms with van der Waals surface area (Å²) in [4.78, 5) is 76.6. The predicted octanol–water partition coefficient (Wildman–Crippen LogP) is -0.135. The molecule has 1 aromatic heterocycles. The highest BCUT2D eigenvalue weighted by Gasteiger charge is 2.32. The fourth-order valence-electron chi connectivity index (χ4n) is 4.41. The van der Waals surface area contributed by atoms with Crippen molar-refractivity contribution in [3.63, 3.8) is 0 Å². The highest BCUT2D eigenvalue weighted by molar-refractivity contribution is 5.96. The number of carboxylic acids is 3. The van der Waals surface area contributed by atoms with Crippen LogP contribution in [-0.4, -0.2) is 85.2 Å². The first-order valence-corrected chi connectivity index (χ1v) is 13.5. The van der Waals surface area contributed by atoms with Crippen LogP contribution in [0.25, 0.3) is 10.9 Å². The van der Waals surface area contributed by atoms with Gasteiger partial charge in [0.25, 0.3) is 0 Å². The zero-order valence-electron chi connectivity index (χ0n) is 23.4. The number of fused-ring (bicyclic) bond motifs is 1. The smallest absolute Gasteiger partial charge is 0.326 e. The molecule has 3 aromatic rings. The van der Waals surface area contributed by atoms with E-state index >= 15 is 0 Å². The summed E-state index contributed by atoms with van der Waals surface area (Å²) >= 11 is 0. The highest BCUT2D eigenvalue weighted by atomic mass is 16.4. The molecule has 0 fully saturated rings. The molecule has 2 aromatic carbocycles. The predicted molar refractivity (Wildman–Crippen MR) is 154 cm³/mol. The van der Waals surface area contributed by atoms with E-state index in [1.807, 2.05) is 6.07 Å². The van der Waals surface area contributed by atoms with E-state index < -0.39 is 72.6 Å². The first-order chi connectivity index (χ1) is 20.8. The molecule has 0 saturated carbocycles. The number of aromatic hydroxyl groups is 1. The third-order valence-corrected chi connectivity index (χ3v) is 6.74. The van der Waals surface area contributed by atoms with E-state index in [-0.39, 0.29) is 25.0 Å². The average molecular weight is 612 g/mol. The molecular formula is C29H33N5O10. The van der Waals surface area contributed by atoms with Gasteiger partial charge in [0.05, 0.1) is 12.5 Å². The van der Waals surface area contributed by atoms with Gasteiger partial charge in [-0.25, -0.2) is 4.79 Å². The molecule has 4 atom stereocenters. The molecule has 0 saturated heterocycles. The number of rotatable bonds is 16. The molecule has 3 rings (SSSR count). The van der Waals surface area contributed by atoms with Crippen LogP contribution in [0, 0.1) is 0 Å². The number of hydrogen-bond acceptors (Lipinski definition) is 8. The Bertz CT molecular complexity index is 1520. The third kappa shape index (κ3) is 9.55. The van der Waals surface area contributed by atoms with E-state index in [0.717, 1.165) is 10.9 Å². The lowest BCUT2D eigenvalue weighted by molar-refractivity contribution is -0.143. The van der Waals surface area contributed by atoms with Crippen molar-refractivity contribution in [1.82, 2.24) is 20.9 Å². The highest BCUT2D eigenvalue weighted by Crippen LogP contribution is 2.19. The molecule has 0 aliphatic rings. The third-order valence-electron chi connectivity index (χ3n) is 6.74. The van der Waals surface area contributed by atoms with Gasteiger partial charge < -0.3 is 47.1 Å². The van der Waals surface area contributed by atoms with Crippen LogP contribution in [0.4, 0.5) is 0 Å². The van der Waals surface area contributed by atoms with E-state index in [1.54, 1.807) is 24.4 Å². The van der Waals surface area contributed by atoms with Crippen molar-refractivity contribution in [2.45, 2.75) is 56.3 Å². The minimum Gasteiger partial charge on any atom is -0.508 e. The van der Waals surface area contributed by atoms with Crippen molar-refractivity contribution >= 4 is 46.5 Å². The fraction of sp³-hybridized carbons (Fsp3) is 0.310. The lowest BCUT2D eigenvalue weighted by Gasteiger charge is -2.25. The second-order valence-corrected chi connectivity index (χ2v) is 10.1. The van der Waals surface area contributed by atoms with Gasteiger partial charge in [-0.15, -0.1) is 0 Å². The van der Waals surface area contributed by atoms with E-state index in [9.17, 15) is 44.1 Å². The summed E-state index contributed by atoms with van der Waals surface area (Å²) < 4.78 is 0. The van der Waals surface area contributed by atoms with Crippen LogP contribution in [0.2, 0.25) is 0 Å². The van der Waals surface area contributed by atoms with E-state index in [2.05, 4.69) is 20.9 Å².